The highest BCUT2D eigenvalue weighted by molar-refractivity contribution is 4.75. The second-order valence-corrected chi connectivity index (χ2v) is 6.03. The fraction of sp³-hybridized carbons (Fsp3) is 1.00. The molecule has 1 heterocycles. The summed E-state index contributed by atoms with van der Waals surface area (Å²) in [5.74, 6) is 1.74. The number of rotatable bonds is 7. The zero-order valence-electron chi connectivity index (χ0n) is 12.3. The Morgan fingerprint density at radius 1 is 1.29 bits per heavy atom. The summed E-state index contributed by atoms with van der Waals surface area (Å²) in [6.07, 6.45) is 6.72. The van der Waals surface area contributed by atoms with Crippen molar-refractivity contribution in [2.45, 2.75) is 58.9 Å². The molecule has 3 atom stereocenters. The Morgan fingerprint density at radius 3 is 2.65 bits per heavy atom. The maximum atomic E-state index is 3.80. The zero-order chi connectivity index (χ0) is 12.7. The van der Waals surface area contributed by atoms with Crippen LogP contribution in [0, 0.1) is 11.8 Å². The van der Waals surface area contributed by atoms with Crippen molar-refractivity contribution in [3.05, 3.63) is 0 Å². The number of nitrogens with zero attached hydrogens (tertiary/aromatic N) is 1. The van der Waals surface area contributed by atoms with Gasteiger partial charge in [-0.15, -0.1) is 0 Å². The van der Waals surface area contributed by atoms with Gasteiger partial charge in [0.25, 0.3) is 0 Å². The van der Waals surface area contributed by atoms with Crippen LogP contribution >= 0.6 is 0 Å². The Bertz CT molecular complexity index is 193. The molecule has 102 valence electrons. The van der Waals surface area contributed by atoms with Gasteiger partial charge in [0.2, 0.25) is 0 Å². The van der Waals surface area contributed by atoms with Gasteiger partial charge in [0.1, 0.15) is 0 Å². The quantitative estimate of drug-likeness (QED) is 0.735. The van der Waals surface area contributed by atoms with E-state index in [9.17, 15) is 0 Å². The number of hydrogen-bond acceptors (Lipinski definition) is 2. The van der Waals surface area contributed by atoms with Crippen molar-refractivity contribution in [3.63, 3.8) is 0 Å². The smallest absolute Gasteiger partial charge is 0.00670 e. The molecule has 3 unspecified atom stereocenters. The molecule has 0 saturated carbocycles. The summed E-state index contributed by atoms with van der Waals surface area (Å²) >= 11 is 0. The van der Waals surface area contributed by atoms with Crippen LogP contribution in [-0.4, -0.2) is 37.6 Å². The third-order valence-corrected chi connectivity index (χ3v) is 4.29. The van der Waals surface area contributed by atoms with E-state index in [1.54, 1.807) is 0 Å². The molecule has 2 heteroatoms. The first-order valence-corrected chi connectivity index (χ1v) is 7.57. The lowest BCUT2D eigenvalue weighted by Crippen LogP contribution is -2.40. The summed E-state index contributed by atoms with van der Waals surface area (Å²) in [5.41, 5.74) is 0. The molecule has 0 aromatic heterocycles. The molecule has 2 nitrogen and oxygen atoms in total. The summed E-state index contributed by atoms with van der Waals surface area (Å²) < 4.78 is 0. The van der Waals surface area contributed by atoms with Crippen LogP contribution in [0.25, 0.3) is 0 Å². The molecule has 17 heavy (non-hydrogen) atoms. The van der Waals surface area contributed by atoms with Gasteiger partial charge in [-0.3, -0.25) is 0 Å². The van der Waals surface area contributed by atoms with Crippen LogP contribution in [0.15, 0.2) is 0 Å². The minimum atomic E-state index is 0.734. The van der Waals surface area contributed by atoms with Gasteiger partial charge in [0.15, 0.2) is 0 Å². The molecule has 0 amide bonds. The number of likely N-dealkylation sites (tertiary alicyclic amines) is 1. The first kappa shape index (κ1) is 15.0. The largest absolute Gasteiger partial charge is 0.314 e. The lowest BCUT2D eigenvalue weighted by atomic mass is 9.95. The van der Waals surface area contributed by atoms with E-state index < -0.39 is 0 Å². The first-order valence-electron chi connectivity index (χ1n) is 7.57. The van der Waals surface area contributed by atoms with E-state index in [-0.39, 0.29) is 0 Å². The molecular formula is C15H32N2. The number of nitrogens with one attached hydrogen (secondary N) is 1. The molecular weight excluding hydrogens is 208 g/mol. The predicted octanol–water partition coefficient (Wildman–Crippen LogP) is 3.13. The lowest BCUT2D eigenvalue weighted by Gasteiger charge is -2.31. The fourth-order valence-electron chi connectivity index (χ4n) is 2.82. The topological polar surface area (TPSA) is 15.3 Å². The molecule has 1 N–H and O–H groups in total. The number of piperidine rings is 1. The van der Waals surface area contributed by atoms with Crippen molar-refractivity contribution in [1.82, 2.24) is 10.2 Å². The van der Waals surface area contributed by atoms with Gasteiger partial charge in [-0.25, -0.2) is 0 Å². The van der Waals surface area contributed by atoms with Crippen LogP contribution < -0.4 is 5.32 Å². The van der Waals surface area contributed by atoms with Crippen LogP contribution in [0.5, 0.6) is 0 Å². The average Bonchev–Trinajstić information content (AvgIpc) is 2.34. The first-order chi connectivity index (χ1) is 8.15. The van der Waals surface area contributed by atoms with Gasteiger partial charge in [-0.05, 0) is 57.7 Å². The van der Waals surface area contributed by atoms with E-state index >= 15 is 0 Å². The van der Waals surface area contributed by atoms with Gasteiger partial charge < -0.3 is 10.2 Å². The highest BCUT2D eigenvalue weighted by Gasteiger charge is 2.18. The fourth-order valence-corrected chi connectivity index (χ4v) is 2.82. The average molecular weight is 240 g/mol. The van der Waals surface area contributed by atoms with Crippen molar-refractivity contribution in [2.24, 2.45) is 11.8 Å². The molecule has 0 spiro atoms. The monoisotopic (exact) mass is 240 g/mol. The molecule has 0 bridgehead atoms. The molecule has 1 saturated heterocycles. The maximum absolute atomic E-state index is 3.80. The maximum Gasteiger partial charge on any atom is 0.00670 e. The summed E-state index contributed by atoms with van der Waals surface area (Å²) in [6, 6.07) is 0.734. The van der Waals surface area contributed by atoms with Gasteiger partial charge >= 0.3 is 0 Å². The van der Waals surface area contributed by atoms with Gasteiger partial charge in [0, 0.05) is 12.6 Å². The molecule has 1 fully saturated rings. The standard InChI is InChI=1S/C15H32N2/c1-5-13(3)10-15(6-2)16-11-14-8-7-9-17(4)12-14/h13-16H,5-12H2,1-4H3. The molecule has 1 rings (SSSR count). The summed E-state index contributed by atoms with van der Waals surface area (Å²) in [7, 11) is 2.25. The van der Waals surface area contributed by atoms with Gasteiger partial charge in [-0.2, -0.15) is 0 Å². The second-order valence-electron chi connectivity index (χ2n) is 6.03. The summed E-state index contributed by atoms with van der Waals surface area (Å²) in [6.45, 7) is 10.8. The highest BCUT2D eigenvalue weighted by atomic mass is 15.1. The normalized spacial score (nSPS) is 25.8. The van der Waals surface area contributed by atoms with E-state index in [1.165, 1.54) is 51.7 Å². The van der Waals surface area contributed by atoms with Crippen molar-refractivity contribution in [3.8, 4) is 0 Å². The highest BCUT2D eigenvalue weighted by Crippen LogP contribution is 2.16. The third kappa shape index (κ3) is 5.87. The minimum absolute atomic E-state index is 0.734. The van der Waals surface area contributed by atoms with Crippen LogP contribution in [0.2, 0.25) is 0 Å². The Morgan fingerprint density at radius 2 is 2.06 bits per heavy atom. The molecule has 0 aromatic carbocycles. The Labute approximate surface area is 108 Å². The van der Waals surface area contributed by atoms with Crippen molar-refractivity contribution in [1.29, 1.82) is 0 Å². The van der Waals surface area contributed by atoms with E-state index in [1.807, 2.05) is 0 Å². The molecule has 0 aromatic rings. The summed E-state index contributed by atoms with van der Waals surface area (Å²) in [5, 5.41) is 3.80. The van der Waals surface area contributed by atoms with Gasteiger partial charge in [0.05, 0.1) is 0 Å². The van der Waals surface area contributed by atoms with Crippen LogP contribution in [0.1, 0.15) is 52.9 Å². The predicted molar refractivity (Wildman–Crippen MR) is 76.4 cm³/mol. The van der Waals surface area contributed by atoms with Crippen LogP contribution in [-0.2, 0) is 0 Å². The Hall–Kier alpha value is -0.0800. The second kappa shape index (κ2) is 8.10. The molecule has 0 aliphatic carbocycles. The minimum Gasteiger partial charge on any atom is -0.314 e. The van der Waals surface area contributed by atoms with Crippen LogP contribution in [0.4, 0.5) is 0 Å². The van der Waals surface area contributed by atoms with Crippen molar-refractivity contribution >= 4 is 0 Å². The van der Waals surface area contributed by atoms with Crippen LogP contribution in [0.3, 0.4) is 0 Å². The Kier molecular flexibility index (Phi) is 7.14. The van der Waals surface area contributed by atoms with E-state index in [0.717, 1.165) is 17.9 Å². The van der Waals surface area contributed by atoms with E-state index in [0.29, 0.717) is 0 Å². The third-order valence-electron chi connectivity index (χ3n) is 4.29. The molecule has 1 aliphatic heterocycles. The Balaban J connectivity index is 2.22. The lowest BCUT2D eigenvalue weighted by molar-refractivity contribution is 0.200. The number of hydrogen-bond donors (Lipinski definition) is 1. The van der Waals surface area contributed by atoms with E-state index in [4.69, 9.17) is 0 Å². The SMILES string of the molecule is CCC(C)CC(CC)NCC1CCCN(C)C1. The summed E-state index contributed by atoms with van der Waals surface area (Å²) in [4.78, 5) is 2.48. The van der Waals surface area contributed by atoms with Crippen molar-refractivity contribution < 1.29 is 0 Å². The van der Waals surface area contributed by atoms with Gasteiger partial charge in [-0.1, -0.05) is 27.2 Å². The van der Waals surface area contributed by atoms with E-state index in [2.05, 4.69) is 38.0 Å². The van der Waals surface area contributed by atoms with Crippen molar-refractivity contribution in [2.75, 3.05) is 26.7 Å². The molecule has 1 aliphatic rings. The zero-order valence-corrected chi connectivity index (χ0v) is 12.3. The molecule has 0 radical (unpaired) electrons.